The van der Waals surface area contributed by atoms with Crippen molar-refractivity contribution in [2.45, 2.75) is 31.5 Å². The van der Waals surface area contributed by atoms with Gasteiger partial charge in [0.1, 0.15) is 6.10 Å². The number of nitriles is 1. The van der Waals surface area contributed by atoms with E-state index in [1.54, 1.807) is 0 Å². The summed E-state index contributed by atoms with van der Waals surface area (Å²) in [4.78, 5) is 0. The molecule has 0 aromatic carbocycles. The number of aliphatic hydroxyl groups is 2. The van der Waals surface area contributed by atoms with Crippen LogP contribution in [0.2, 0.25) is 0 Å². The lowest BCUT2D eigenvalue weighted by Crippen LogP contribution is -2.28. The van der Waals surface area contributed by atoms with Crippen molar-refractivity contribution in [3.63, 3.8) is 0 Å². The van der Waals surface area contributed by atoms with E-state index in [-0.39, 0.29) is 18.8 Å². The first kappa shape index (κ1) is 11.4. The summed E-state index contributed by atoms with van der Waals surface area (Å²) in [5, 5.41) is 24.1. The molecule has 0 aromatic heterocycles. The van der Waals surface area contributed by atoms with Crippen LogP contribution in [0.5, 0.6) is 0 Å². The SMILES string of the molecule is CO.N#CC1CCCC(CO)O1. The van der Waals surface area contributed by atoms with Gasteiger partial charge < -0.3 is 14.9 Å². The molecule has 2 N–H and O–H groups in total. The Morgan fingerprint density at radius 1 is 1.50 bits per heavy atom. The molecule has 0 radical (unpaired) electrons. The zero-order chi connectivity index (χ0) is 9.40. The van der Waals surface area contributed by atoms with Crippen LogP contribution in [0.1, 0.15) is 19.3 Å². The van der Waals surface area contributed by atoms with Crippen molar-refractivity contribution in [1.29, 1.82) is 5.26 Å². The van der Waals surface area contributed by atoms with Crippen LogP contribution in [-0.2, 0) is 4.74 Å². The summed E-state index contributed by atoms with van der Waals surface area (Å²) in [7, 11) is 1.00. The lowest BCUT2D eigenvalue weighted by Gasteiger charge is -2.24. The van der Waals surface area contributed by atoms with Gasteiger partial charge in [0.05, 0.1) is 18.8 Å². The fraction of sp³-hybridized carbons (Fsp3) is 0.875. The first-order chi connectivity index (χ1) is 5.86. The molecule has 1 rings (SSSR count). The Morgan fingerprint density at radius 3 is 2.67 bits per heavy atom. The molecule has 0 bridgehead atoms. The van der Waals surface area contributed by atoms with Gasteiger partial charge in [-0.05, 0) is 19.3 Å². The summed E-state index contributed by atoms with van der Waals surface area (Å²) < 4.78 is 5.17. The Kier molecular flexibility index (Phi) is 6.67. The van der Waals surface area contributed by atoms with E-state index in [0.29, 0.717) is 0 Å². The fourth-order valence-electron chi connectivity index (χ4n) is 1.13. The van der Waals surface area contributed by atoms with E-state index >= 15 is 0 Å². The predicted octanol–water partition coefficient (Wildman–Crippen LogP) is 0.0485. The van der Waals surface area contributed by atoms with Crippen molar-refractivity contribution >= 4 is 0 Å². The second-order valence-electron chi connectivity index (χ2n) is 2.49. The Morgan fingerprint density at radius 2 is 2.17 bits per heavy atom. The molecule has 12 heavy (non-hydrogen) atoms. The molecule has 2 unspecified atom stereocenters. The summed E-state index contributed by atoms with van der Waals surface area (Å²) in [6, 6.07) is 2.03. The first-order valence-corrected chi connectivity index (χ1v) is 3.97. The van der Waals surface area contributed by atoms with Gasteiger partial charge >= 0.3 is 0 Å². The van der Waals surface area contributed by atoms with Gasteiger partial charge in [-0.2, -0.15) is 5.26 Å². The standard InChI is InChI=1S/C7H11NO2.CH4O/c8-4-6-2-1-3-7(5-9)10-6;1-2/h6-7,9H,1-3,5H2;2H,1H3. The number of aliphatic hydroxyl groups excluding tert-OH is 2. The maximum Gasteiger partial charge on any atom is 0.144 e. The van der Waals surface area contributed by atoms with E-state index in [9.17, 15) is 0 Å². The second kappa shape index (κ2) is 7.04. The van der Waals surface area contributed by atoms with Gasteiger partial charge in [0.15, 0.2) is 0 Å². The van der Waals surface area contributed by atoms with E-state index in [1.807, 2.05) is 6.07 Å². The van der Waals surface area contributed by atoms with Crippen molar-refractivity contribution in [3.8, 4) is 6.07 Å². The quantitative estimate of drug-likeness (QED) is 0.587. The van der Waals surface area contributed by atoms with Crippen LogP contribution in [0.4, 0.5) is 0 Å². The molecule has 70 valence electrons. The lowest BCUT2D eigenvalue weighted by molar-refractivity contribution is -0.0478. The molecule has 4 heteroatoms. The largest absolute Gasteiger partial charge is 0.400 e. The maximum absolute atomic E-state index is 8.67. The molecule has 0 aliphatic carbocycles. The minimum atomic E-state index is -0.286. The number of hydrogen-bond acceptors (Lipinski definition) is 4. The molecular weight excluding hydrogens is 158 g/mol. The van der Waals surface area contributed by atoms with Crippen LogP contribution < -0.4 is 0 Å². The van der Waals surface area contributed by atoms with E-state index < -0.39 is 0 Å². The summed E-state index contributed by atoms with van der Waals surface area (Å²) in [5.74, 6) is 0. The smallest absolute Gasteiger partial charge is 0.144 e. The molecular formula is C8H15NO3. The normalized spacial score (nSPS) is 28.2. The van der Waals surface area contributed by atoms with Crippen molar-refractivity contribution in [2.75, 3.05) is 13.7 Å². The molecule has 1 heterocycles. The number of nitrogens with zero attached hydrogens (tertiary/aromatic N) is 1. The molecule has 0 aromatic rings. The Bertz CT molecular complexity index is 144. The van der Waals surface area contributed by atoms with E-state index in [4.69, 9.17) is 20.2 Å². The van der Waals surface area contributed by atoms with Gasteiger partial charge in [0.2, 0.25) is 0 Å². The zero-order valence-electron chi connectivity index (χ0n) is 7.23. The van der Waals surface area contributed by atoms with Gasteiger partial charge in [0.25, 0.3) is 0 Å². The molecule has 1 fully saturated rings. The number of ether oxygens (including phenoxy) is 1. The average molecular weight is 173 g/mol. The van der Waals surface area contributed by atoms with Crippen LogP contribution in [0.25, 0.3) is 0 Å². The topological polar surface area (TPSA) is 73.5 Å². The third-order valence-corrected chi connectivity index (χ3v) is 1.70. The summed E-state index contributed by atoms with van der Waals surface area (Å²) in [5.41, 5.74) is 0. The highest BCUT2D eigenvalue weighted by Gasteiger charge is 2.20. The van der Waals surface area contributed by atoms with Gasteiger partial charge in [0, 0.05) is 7.11 Å². The Labute approximate surface area is 72.4 Å². The van der Waals surface area contributed by atoms with Gasteiger partial charge in [-0.1, -0.05) is 0 Å². The second-order valence-corrected chi connectivity index (χ2v) is 2.49. The van der Waals surface area contributed by atoms with Crippen LogP contribution in [-0.4, -0.2) is 36.1 Å². The molecule has 2 atom stereocenters. The lowest BCUT2D eigenvalue weighted by atomic mass is 10.1. The maximum atomic E-state index is 8.67. The van der Waals surface area contributed by atoms with Gasteiger partial charge in [-0.3, -0.25) is 0 Å². The van der Waals surface area contributed by atoms with Crippen LogP contribution in [0.3, 0.4) is 0 Å². The van der Waals surface area contributed by atoms with Crippen molar-refractivity contribution in [3.05, 3.63) is 0 Å². The highest BCUT2D eigenvalue weighted by atomic mass is 16.5. The van der Waals surface area contributed by atoms with E-state index in [0.717, 1.165) is 26.4 Å². The molecule has 1 aliphatic heterocycles. The minimum absolute atomic E-state index is 0.0399. The predicted molar refractivity (Wildman–Crippen MR) is 43.4 cm³/mol. The Balaban J connectivity index is 0.000000561. The monoisotopic (exact) mass is 173 g/mol. The van der Waals surface area contributed by atoms with Crippen molar-refractivity contribution in [2.24, 2.45) is 0 Å². The average Bonchev–Trinajstić information content (AvgIpc) is 2.21. The number of rotatable bonds is 1. The zero-order valence-corrected chi connectivity index (χ0v) is 7.23. The molecule has 0 amide bonds. The van der Waals surface area contributed by atoms with Crippen molar-refractivity contribution in [1.82, 2.24) is 0 Å². The fourth-order valence-corrected chi connectivity index (χ4v) is 1.13. The van der Waals surface area contributed by atoms with Crippen LogP contribution >= 0.6 is 0 Å². The summed E-state index contributed by atoms with van der Waals surface area (Å²) in [6.45, 7) is 0.0399. The third-order valence-electron chi connectivity index (χ3n) is 1.70. The van der Waals surface area contributed by atoms with Gasteiger partial charge in [-0.15, -0.1) is 0 Å². The van der Waals surface area contributed by atoms with Crippen LogP contribution in [0, 0.1) is 11.3 Å². The third kappa shape index (κ3) is 3.67. The first-order valence-electron chi connectivity index (χ1n) is 3.97. The molecule has 4 nitrogen and oxygen atoms in total. The minimum Gasteiger partial charge on any atom is -0.400 e. The van der Waals surface area contributed by atoms with Crippen LogP contribution in [0.15, 0.2) is 0 Å². The molecule has 1 aliphatic rings. The Hall–Kier alpha value is -0.630. The van der Waals surface area contributed by atoms with E-state index in [2.05, 4.69) is 0 Å². The number of hydrogen-bond donors (Lipinski definition) is 2. The van der Waals surface area contributed by atoms with Gasteiger partial charge in [-0.25, -0.2) is 0 Å². The molecule has 0 spiro atoms. The summed E-state index contributed by atoms with van der Waals surface area (Å²) >= 11 is 0. The summed E-state index contributed by atoms with van der Waals surface area (Å²) in [6.07, 6.45) is 2.30. The molecule has 0 saturated carbocycles. The highest BCUT2D eigenvalue weighted by Crippen LogP contribution is 2.17. The van der Waals surface area contributed by atoms with E-state index in [1.165, 1.54) is 0 Å². The molecule has 1 saturated heterocycles. The van der Waals surface area contributed by atoms with Crippen molar-refractivity contribution < 1.29 is 14.9 Å². The highest BCUT2D eigenvalue weighted by molar-refractivity contribution is 4.87.